The summed E-state index contributed by atoms with van der Waals surface area (Å²) < 4.78 is 5.59. The van der Waals surface area contributed by atoms with Crippen molar-refractivity contribution in [1.29, 1.82) is 5.26 Å². The monoisotopic (exact) mass is 332 g/mol. The van der Waals surface area contributed by atoms with Crippen molar-refractivity contribution in [3.05, 3.63) is 60.3 Å². The first-order valence-electron chi connectivity index (χ1n) is 7.74. The van der Waals surface area contributed by atoms with Gasteiger partial charge >= 0.3 is 0 Å². The summed E-state index contributed by atoms with van der Waals surface area (Å²) in [7, 11) is 0. The number of nitrogens with zero attached hydrogens (tertiary/aromatic N) is 4. The Kier molecular flexibility index (Phi) is 5.02. The Hall–Kier alpha value is -3.66. The predicted octanol–water partition coefficient (Wildman–Crippen LogP) is 3.63. The van der Waals surface area contributed by atoms with Gasteiger partial charge in [0, 0.05) is 5.69 Å². The Morgan fingerprint density at radius 2 is 1.88 bits per heavy atom. The van der Waals surface area contributed by atoms with Gasteiger partial charge in [0.2, 0.25) is 5.95 Å². The molecule has 0 unspecified atom stereocenters. The number of nitriles is 1. The molecule has 2 aromatic carbocycles. The van der Waals surface area contributed by atoms with Gasteiger partial charge in [-0.3, -0.25) is 0 Å². The standard InChI is InChI=1S/C18H16N6O/c1-2-25-16-6-4-3-5-15(16)22-17-12-20-24-18(23-17)21-14-9-7-13(11-19)8-10-14/h3-10,12H,2H2,1H3,(H2,21,22,23,24). The molecule has 3 rings (SSSR count). The molecule has 1 heterocycles. The molecular weight excluding hydrogens is 316 g/mol. The zero-order valence-electron chi connectivity index (χ0n) is 13.6. The number of anilines is 4. The fraction of sp³-hybridized carbons (Fsp3) is 0.111. The summed E-state index contributed by atoms with van der Waals surface area (Å²) in [5.74, 6) is 1.63. The first-order chi connectivity index (χ1) is 12.3. The molecule has 0 amide bonds. The summed E-state index contributed by atoms with van der Waals surface area (Å²) in [6.45, 7) is 2.51. The van der Waals surface area contributed by atoms with Crippen molar-refractivity contribution in [3.8, 4) is 11.8 Å². The highest BCUT2D eigenvalue weighted by molar-refractivity contribution is 5.64. The highest BCUT2D eigenvalue weighted by atomic mass is 16.5. The summed E-state index contributed by atoms with van der Waals surface area (Å²) in [6, 6.07) is 16.7. The number of aromatic nitrogens is 3. The van der Waals surface area contributed by atoms with Crippen LogP contribution in [0.4, 0.5) is 23.1 Å². The minimum absolute atomic E-state index is 0.351. The van der Waals surface area contributed by atoms with E-state index in [4.69, 9.17) is 10.00 Å². The van der Waals surface area contributed by atoms with Crippen molar-refractivity contribution in [1.82, 2.24) is 15.2 Å². The van der Waals surface area contributed by atoms with Crippen molar-refractivity contribution >= 4 is 23.1 Å². The highest BCUT2D eigenvalue weighted by Crippen LogP contribution is 2.26. The molecule has 0 atom stereocenters. The van der Waals surface area contributed by atoms with Gasteiger partial charge in [-0.1, -0.05) is 12.1 Å². The van der Waals surface area contributed by atoms with E-state index in [-0.39, 0.29) is 0 Å². The minimum atomic E-state index is 0.351. The third-order valence-electron chi connectivity index (χ3n) is 3.28. The molecule has 0 aliphatic rings. The van der Waals surface area contributed by atoms with Crippen LogP contribution >= 0.6 is 0 Å². The first-order valence-corrected chi connectivity index (χ1v) is 7.74. The third kappa shape index (κ3) is 4.20. The van der Waals surface area contributed by atoms with E-state index >= 15 is 0 Å². The Morgan fingerprint density at radius 1 is 1.08 bits per heavy atom. The Labute approximate surface area is 145 Å². The van der Waals surface area contributed by atoms with Gasteiger partial charge in [0.25, 0.3) is 0 Å². The van der Waals surface area contributed by atoms with Crippen molar-refractivity contribution < 1.29 is 4.74 Å². The van der Waals surface area contributed by atoms with Crippen molar-refractivity contribution in [2.45, 2.75) is 6.92 Å². The Bertz CT molecular complexity index is 889. The number of ether oxygens (including phenoxy) is 1. The van der Waals surface area contributed by atoms with Gasteiger partial charge in [0.1, 0.15) is 5.75 Å². The zero-order valence-corrected chi connectivity index (χ0v) is 13.6. The molecule has 2 N–H and O–H groups in total. The summed E-state index contributed by atoms with van der Waals surface area (Å²) in [5, 5.41) is 23.0. The molecule has 0 radical (unpaired) electrons. The van der Waals surface area contributed by atoms with Crippen molar-refractivity contribution in [2.75, 3.05) is 17.2 Å². The fourth-order valence-corrected chi connectivity index (χ4v) is 2.16. The van der Waals surface area contributed by atoms with Crippen LogP contribution in [0.5, 0.6) is 5.75 Å². The fourth-order valence-electron chi connectivity index (χ4n) is 2.16. The molecule has 25 heavy (non-hydrogen) atoms. The SMILES string of the molecule is CCOc1ccccc1Nc1cnnc(Nc2ccc(C#N)cc2)n1. The molecule has 0 saturated carbocycles. The summed E-state index contributed by atoms with van der Waals surface area (Å²) in [5.41, 5.74) is 2.16. The molecule has 0 aliphatic heterocycles. The molecule has 3 aromatic rings. The number of hydrogen-bond acceptors (Lipinski definition) is 7. The topological polar surface area (TPSA) is 95.8 Å². The molecular formula is C18H16N6O. The van der Waals surface area contributed by atoms with Crippen LogP contribution in [0.15, 0.2) is 54.7 Å². The van der Waals surface area contributed by atoms with E-state index in [9.17, 15) is 0 Å². The maximum Gasteiger partial charge on any atom is 0.249 e. The molecule has 0 aliphatic carbocycles. The number of hydrogen-bond donors (Lipinski definition) is 2. The summed E-state index contributed by atoms with van der Waals surface area (Å²) in [6.07, 6.45) is 1.53. The predicted molar refractivity (Wildman–Crippen MR) is 95.2 cm³/mol. The largest absolute Gasteiger partial charge is 0.492 e. The number of benzene rings is 2. The lowest BCUT2D eigenvalue weighted by molar-refractivity contribution is 0.342. The Balaban J connectivity index is 1.76. The molecule has 124 valence electrons. The van der Waals surface area contributed by atoms with Gasteiger partial charge in [-0.25, -0.2) is 0 Å². The van der Waals surface area contributed by atoms with E-state index in [1.54, 1.807) is 24.3 Å². The second-order valence-electron chi connectivity index (χ2n) is 5.03. The molecule has 1 aromatic heterocycles. The van der Waals surface area contributed by atoms with E-state index < -0.39 is 0 Å². The quantitative estimate of drug-likeness (QED) is 0.711. The van der Waals surface area contributed by atoms with Crippen molar-refractivity contribution in [3.63, 3.8) is 0 Å². The number of para-hydroxylation sites is 2. The van der Waals surface area contributed by atoms with Crippen LogP contribution in [0.1, 0.15) is 12.5 Å². The second-order valence-corrected chi connectivity index (χ2v) is 5.03. The van der Waals surface area contributed by atoms with Crippen LogP contribution < -0.4 is 15.4 Å². The van der Waals surface area contributed by atoms with Gasteiger partial charge in [0.15, 0.2) is 5.82 Å². The lowest BCUT2D eigenvalue weighted by atomic mass is 10.2. The van der Waals surface area contributed by atoms with E-state index in [1.165, 1.54) is 6.20 Å². The first kappa shape index (κ1) is 16.2. The van der Waals surface area contributed by atoms with Gasteiger partial charge in [-0.15, -0.1) is 5.10 Å². The molecule has 7 nitrogen and oxygen atoms in total. The highest BCUT2D eigenvalue weighted by Gasteiger charge is 2.06. The number of nitrogens with one attached hydrogen (secondary N) is 2. The summed E-state index contributed by atoms with van der Waals surface area (Å²) in [4.78, 5) is 4.39. The molecule has 0 saturated heterocycles. The van der Waals surface area contributed by atoms with Gasteiger partial charge in [-0.2, -0.15) is 15.3 Å². The van der Waals surface area contributed by atoms with E-state index in [0.29, 0.717) is 23.9 Å². The molecule has 0 spiro atoms. The molecule has 7 heteroatoms. The van der Waals surface area contributed by atoms with E-state index in [2.05, 4.69) is 31.9 Å². The lowest BCUT2D eigenvalue weighted by Gasteiger charge is -2.12. The van der Waals surface area contributed by atoms with Crippen LogP contribution in [-0.2, 0) is 0 Å². The Morgan fingerprint density at radius 3 is 2.64 bits per heavy atom. The molecule has 0 fully saturated rings. The maximum absolute atomic E-state index is 8.83. The third-order valence-corrected chi connectivity index (χ3v) is 3.28. The van der Waals surface area contributed by atoms with Crippen LogP contribution in [0.25, 0.3) is 0 Å². The number of rotatable bonds is 6. The average Bonchev–Trinajstić information content (AvgIpc) is 2.65. The van der Waals surface area contributed by atoms with E-state index in [1.807, 2.05) is 31.2 Å². The van der Waals surface area contributed by atoms with Crippen LogP contribution in [0, 0.1) is 11.3 Å². The van der Waals surface area contributed by atoms with Gasteiger partial charge in [-0.05, 0) is 43.3 Å². The minimum Gasteiger partial charge on any atom is -0.492 e. The van der Waals surface area contributed by atoms with Crippen molar-refractivity contribution in [2.24, 2.45) is 0 Å². The normalized spacial score (nSPS) is 9.92. The zero-order chi connectivity index (χ0) is 17.5. The maximum atomic E-state index is 8.83. The summed E-state index contributed by atoms with van der Waals surface area (Å²) >= 11 is 0. The lowest BCUT2D eigenvalue weighted by Crippen LogP contribution is -2.03. The second kappa shape index (κ2) is 7.75. The smallest absolute Gasteiger partial charge is 0.249 e. The van der Waals surface area contributed by atoms with E-state index in [0.717, 1.165) is 17.1 Å². The van der Waals surface area contributed by atoms with Gasteiger partial charge in [0.05, 0.1) is 30.1 Å². The van der Waals surface area contributed by atoms with Gasteiger partial charge < -0.3 is 15.4 Å². The van der Waals surface area contributed by atoms with Crippen LogP contribution in [0.3, 0.4) is 0 Å². The molecule has 0 bridgehead atoms. The van der Waals surface area contributed by atoms with Crippen LogP contribution in [-0.4, -0.2) is 21.8 Å². The van der Waals surface area contributed by atoms with Crippen LogP contribution in [0.2, 0.25) is 0 Å². The average molecular weight is 332 g/mol.